The first-order valence-electron chi connectivity index (χ1n) is 5.33. The molecule has 1 aliphatic rings. The van der Waals surface area contributed by atoms with Gasteiger partial charge in [0.1, 0.15) is 6.10 Å². The number of imidazole rings is 1. The average Bonchev–Trinajstić information content (AvgIpc) is 2.75. The van der Waals surface area contributed by atoms with Crippen LogP contribution in [0.3, 0.4) is 0 Å². The predicted octanol–water partition coefficient (Wildman–Crippen LogP) is 0.774. The van der Waals surface area contributed by atoms with Crippen LogP contribution in [0.2, 0.25) is 0 Å². The van der Waals surface area contributed by atoms with Crippen molar-refractivity contribution in [3.05, 3.63) is 18.2 Å². The van der Waals surface area contributed by atoms with Crippen LogP contribution in [0.4, 0.5) is 0 Å². The highest BCUT2D eigenvalue weighted by Crippen LogP contribution is 2.41. The largest absolute Gasteiger partial charge is 0.385 e. The molecule has 1 fully saturated rings. The summed E-state index contributed by atoms with van der Waals surface area (Å²) >= 11 is 0. The molecule has 2 heterocycles. The van der Waals surface area contributed by atoms with Gasteiger partial charge in [-0.1, -0.05) is 0 Å². The van der Waals surface area contributed by atoms with Gasteiger partial charge in [0.25, 0.3) is 0 Å². The number of aliphatic hydroxyl groups is 1. The monoisotopic (exact) mass is 221 g/mol. The van der Waals surface area contributed by atoms with E-state index in [4.69, 9.17) is 4.74 Å². The molecule has 1 unspecified atom stereocenters. The summed E-state index contributed by atoms with van der Waals surface area (Å²) in [7, 11) is 1.82. The molecule has 1 aliphatic heterocycles. The van der Waals surface area contributed by atoms with Crippen LogP contribution in [0.15, 0.2) is 12.5 Å². The molecule has 1 aromatic heterocycles. The normalized spacial score (nSPS) is 21.3. The third-order valence-corrected chi connectivity index (χ3v) is 3.27. The van der Waals surface area contributed by atoms with Gasteiger partial charge in [0.2, 0.25) is 0 Å². The Labute approximate surface area is 94.3 Å². The fourth-order valence-electron chi connectivity index (χ4n) is 2.10. The van der Waals surface area contributed by atoms with Gasteiger partial charge in [-0.3, -0.25) is 0 Å². The predicted molar refractivity (Wildman–Crippen MR) is 56.3 cm³/mol. The minimum absolute atomic E-state index is 0.530. The van der Waals surface area contributed by atoms with Gasteiger partial charge >= 0.3 is 0 Å². The third kappa shape index (κ3) is 1.70. The highest BCUT2D eigenvalue weighted by Gasteiger charge is 2.41. The maximum atomic E-state index is 10.3. The summed E-state index contributed by atoms with van der Waals surface area (Å²) in [6, 6.07) is 2.26. The van der Waals surface area contributed by atoms with Crippen LogP contribution in [-0.4, -0.2) is 27.9 Å². The highest BCUT2D eigenvalue weighted by molar-refractivity contribution is 5.15. The van der Waals surface area contributed by atoms with E-state index in [0.717, 1.165) is 0 Å². The smallest absolute Gasteiger partial charge is 0.114 e. The van der Waals surface area contributed by atoms with Gasteiger partial charge in [0.15, 0.2) is 0 Å². The fraction of sp³-hybridized carbons (Fsp3) is 0.636. The number of aromatic nitrogens is 2. The molecule has 0 bridgehead atoms. The Kier molecular flexibility index (Phi) is 2.95. The van der Waals surface area contributed by atoms with Crippen LogP contribution in [0.1, 0.15) is 24.6 Å². The second-order valence-corrected chi connectivity index (χ2v) is 4.21. The van der Waals surface area contributed by atoms with Gasteiger partial charge < -0.3 is 14.4 Å². The Hall–Kier alpha value is -1.38. The van der Waals surface area contributed by atoms with Crippen LogP contribution in [0.5, 0.6) is 0 Å². The van der Waals surface area contributed by atoms with Crippen LogP contribution < -0.4 is 0 Å². The number of hydrogen-bond acceptors (Lipinski definition) is 4. The molecule has 0 amide bonds. The van der Waals surface area contributed by atoms with E-state index in [1.165, 1.54) is 0 Å². The lowest BCUT2D eigenvalue weighted by Crippen LogP contribution is -2.35. The minimum Gasteiger partial charge on any atom is -0.385 e. The number of nitriles is 1. The van der Waals surface area contributed by atoms with Gasteiger partial charge in [-0.2, -0.15) is 5.26 Å². The van der Waals surface area contributed by atoms with Gasteiger partial charge in [0.05, 0.1) is 29.7 Å². The molecule has 1 saturated heterocycles. The summed E-state index contributed by atoms with van der Waals surface area (Å²) in [6.07, 6.45) is 3.57. The average molecular weight is 221 g/mol. The fourth-order valence-corrected chi connectivity index (χ4v) is 2.10. The number of nitrogens with zero attached hydrogens (tertiary/aromatic N) is 3. The number of aryl methyl sites for hydroxylation is 1. The Morgan fingerprint density at radius 2 is 2.31 bits per heavy atom. The summed E-state index contributed by atoms with van der Waals surface area (Å²) < 4.78 is 6.99. The standard InChI is InChI=1S/C11H15N3O2/c1-14-8-13-6-9(14)10(15)11(7-12)2-4-16-5-3-11/h6,8,10,15H,2-5H2,1H3. The Bertz CT molecular complexity index is 402. The zero-order valence-corrected chi connectivity index (χ0v) is 9.26. The lowest BCUT2D eigenvalue weighted by Gasteiger charge is -2.34. The van der Waals surface area contributed by atoms with Crippen LogP contribution >= 0.6 is 0 Å². The van der Waals surface area contributed by atoms with Crippen LogP contribution in [0.25, 0.3) is 0 Å². The second kappa shape index (κ2) is 4.24. The highest BCUT2D eigenvalue weighted by atomic mass is 16.5. The molecule has 1 N–H and O–H groups in total. The molecule has 0 aliphatic carbocycles. The van der Waals surface area contributed by atoms with Gasteiger partial charge in [-0.05, 0) is 12.8 Å². The molecule has 1 aromatic rings. The van der Waals surface area contributed by atoms with Crippen molar-refractivity contribution < 1.29 is 9.84 Å². The molecule has 5 nitrogen and oxygen atoms in total. The molecule has 2 rings (SSSR count). The van der Waals surface area contributed by atoms with E-state index >= 15 is 0 Å². The van der Waals surface area contributed by atoms with Crippen molar-refractivity contribution in [2.45, 2.75) is 18.9 Å². The van der Waals surface area contributed by atoms with E-state index < -0.39 is 11.5 Å². The van der Waals surface area contributed by atoms with Gasteiger partial charge in [-0.15, -0.1) is 0 Å². The second-order valence-electron chi connectivity index (χ2n) is 4.21. The molecular weight excluding hydrogens is 206 g/mol. The molecule has 16 heavy (non-hydrogen) atoms. The van der Waals surface area contributed by atoms with Crippen molar-refractivity contribution in [1.82, 2.24) is 9.55 Å². The van der Waals surface area contributed by atoms with Crippen molar-refractivity contribution in [3.63, 3.8) is 0 Å². The first-order chi connectivity index (χ1) is 7.69. The van der Waals surface area contributed by atoms with Crippen molar-refractivity contribution >= 4 is 0 Å². The zero-order chi connectivity index (χ0) is 11.6. The molecule has 0 radical (unpaired) electrons. The summed E-state index contributed by atoms with van der Waals surface area (Å²) in [4.78, 5) is 3.97. The zero-order valence-electron chi connectivity index (χ0n) is 9.26. The van der Waals surface area contributed by atoms with Crippen LogP contribution in [-0.2, 0) is 11.8 Å². The van der Waals surface area contributed by atoms with E-state index in [2.05, 4.69) is 11.1 Å². The molecule has 5 heteroatoms. The number of rotatable bonds is 2. The molecule has 0 aromatic carbocycles. The van der Waals surface area contributed by atoms with Gasteiger partial charge in [-0.25, -0.2) is 4.98 Å². The molecule has 86 valence electrons. The lowest BCUT2D eigenvalue weighted by molar-refractivity contribution is -0.0337. The Morgan fingerprint density at radius 3 is 2.81 bits per heavy atom. The third-order valence-electron chi connectivity index (χ3n) is 3.27. The van der Waals surface area contributed by atoms with Crippen LogP contribution in [0, 0.1) is 16.7 Å². The maximum Gasteiger partial charge on any atom is 0.114 e. The van der Waals surface area contributed by atoms with Gasteiger partial charge in [0, 0.05) is 20.3 Å². The van der Waals surface area contributed by atoms with E-state index in [1.54, 1.807) is 17.1 Å². The van der Waals surface area contributed by atoms with E-state index in [9.17, 15) is 10.4 Å². The molecule has 1 atom stereocenters. The van der Waals surface area contributed by atoms with E-state index in [1.807, 2.05) is 7.05 Å². The lowest BCUT2D eigenvalue weighted by atomic mass is 9.75. The topological polar surface area (TPSA) is 71.1 Å². The maximum absolute atomic E-state index is 10.3. The van der Waals surface area contributed by atoms with E-state index in [0.29, 0.717) is 31.7 Å². The molecular formula is C11H15N3O2. The quantitative estimate of drug-likeness (QED) is 0.800. The Balaban J connectivity index is 2.28. The SMILES string of the molecule is Cn1cncc1C(O)C1(C#N)CCOCC1. The summed E-state index contributed by atoms with van der Waals surface area (Å²) in [6.45, 7) is 1.06. The first-order valence-corrected chi connectivity index (χ1v) is 5.33. The van der Waals surface area contributed by atoms with Crippen molar-refractivity contribution in [1.29, 1.82) is 5.26 Å². The van der Waals surface area contributed by atoms with Crippen molar-refractivity contribution in [3.8, 4) is 6.07 Å². The summed E-state index contributed by atoms with van der Waals surface area (Å²) in [5, 5.41) is 19.6. The van der Waals surface area contributed by atoms with Crippen molar-refractivity contribution in [2.75, 3.05) is 13.2 Å². The molecule has 0 spiro atoms. The molecule has 0 saturated carbocycles. The van der Waals surface area contributed by atoms with Crippen molar-refractivity contribution in [2.24, 2.45) is 12.5 Å². The summed E-state index contributed by atoms with van der Waals surface area (Å²) in [5.74, 6) is 0. The van der Waals surface area contributed by atoms with E-state index in [-0.39, 0.29) is 0 Å². The minimum atomic E-state index is -0.797. The number of aliphatic hydroxyl groups excluding tert-OH is 1. The number of hydrogen-bond donors (Lipinski definition) is 1. The summed E-state index contributed by atoms with van der Waals surface area (Å²) in [5.41, 5.74) is -0.0464. The Morgan fingerprint density at radius 1 is 1.62 bits per heavy atom. The number of ether oxygens (including phenoxy) is 1. The first kappa shape index (κ1) is 11.1.